The minimum absolute atomic E-state index is 0.786. The number of hydrogen-bond acceptors (Lipinski definition) is 3. The molecule has 50 heavy (non-hydrogen) atoms. The normalized spacial score (nSPS) is 13.0. The highest BCUT2D eigenvalue weighted by Crippen LogP contribution is 2.22. The number of rotatable bonds is 44. The number of unbranched alkanes of at least 4 members (excludes halogenated alkanes) is 33. The Hall–Kier alpha value is -0.323. The first-order chi connectivity index (χ1) is 24.7. The van der Waals surface area contributed by atoms with Crippen LogP contribution in [-0.2, 0) is 13.3 Å². The largest absolute Gasteiger partial charge is 0.565 e. The summed E-state index contributed by atoms with van der Waals surface area (Å²) in [6, 6.07) is 0.923. The fraction of sp³-hybridized carbons (Fsp3) is 0.957. The van der Waals surface area contributed by atoms with E-state index in [1.165, 1.54) is 212 Å². The Bertz CT molecular complexity index is 641. The van der Waals surface area contributed by atoms with Gasteiger partial charge in [-0.1, -0.05) is 246 Å². The summed E-state index contributed by atoms with van der Waals surface area (Å²) < 4.78 is 19.7. The van der Waals surface area contributed by atoms with Crippen LogP contribution in [0.5, 0.6) is 0 Å². The van der Waals surface area contributed by atoms with Crippen LogP contribution in [0.4, 0.5) is 0 Å². The van der Waals surface area contributed by atoms with Crippen molar-refractivity contribution >= 4 is 8.80 Å². The zero-order chi connectivity index (χ0) is 36.3. The summed E-state index contributed by atoms with van der Waals surface area (Å²) in [5, 5.41) is 0. The van der Waals surface area contributed by atoms with Gasteiger partial charge < -0.3 is 13.3 Å². The van der Waals surface area contributed by atoms with E-state index in [0.717, 1.165) is 44.9 Å². The smallest absolute Gasteiger partial charge is 0.508 e. The molecule has 0 spiro atoms. The van der Waals surface area contributed by atoms with Gasteiger partial charge in [-0.3, -0.25) is 0 Å². The molecule has 0 aliphatic heterocycles. The predicted molar refractivity (Wildman–Crippen MR) is 226 cm³/mol. The minimum Gasteiger partial charge on any atom is -0.508 e. The zero-order valence-electron chi connectivity index (χ0n) is 35.2. The third-order valence-electron chi connectivity index (χ3n) is 10.5. The third-order valence-corrected chi connectivity index (χ3v) is 13.4. The average molecular weight is 723 g/mol. The van der Waals surface area contributed by atoms with Gasteiger partial charge in [0, 0.05) is 19.3 Å². The second kappa shape index (κ2) is 43.1. The minimum atomic E-state index is -2.68. The Morgan fingerprint density at radius 1 is 0.320 bits per heavy atom. The van der Waals surface area contributed by atoms with Crippen LogP contribution in [0.3, 0.4) is 0 Å². The lowest BCUT2D eigenvalue weighted by Gasteiger charge is -2.28. The van der Waals surface area contributed by atoms with Gasteiger partial charge in [0.1, 0.15) is 0 Å². The molecule has 1 atom stereocenters. The van der Waals surface area contributed by atoms with Crippen LogP contribution in [0.15, 0.2) is 12.3 Å². The van der Waals surface area contributed by atoms with Crippen molar-refractivity contribution in [2.45, 2.75) is 271 Å². The molecule has 0 aromatic rings. The van der Waals surface area contributed by atoms with E-state index in [2.05, 4.69) is 33.8 Å². The second-order valence-corrected chi connectivity index (χ2v) is 18.4. The van der Waals surface area contributed by atoms with Crippen LogP contribution < -0.4 is 0 Å². The molecule has 0 amide bonds. The van der Waals surface area contributed by atoms with Crippen molar-refractivity contribution in [3.8, 4) is 0 Å². The highest BCUT2D eigenvalue weighted by atomic mass is 28.4. The molecule has 0 fully saturated rings. The molecular weight excluding hydrogens is 629 g/mol. The summed E-state index contributed by atoms with van der Waals surface area (Å²) in [5.41, 5.74) is 0. The van der Waals surface area contributed by atoms with E-state index in [1.807, 2.05) is 6.26 Å². The molecule has 4 heteroatoms. The summed E-state index contributed by atoms with van der Waals surface area (Å²) in [7, 11) is -2.68. The number of hydrogen-bond donors (Lipinski definition) is 0. The lowest BCUT2D eigenvalue weighted by atomic mass is 10.0. The monoisotopic (exact) mass is 723 g/mol. The van der Waals surface area contributed by atoms with Crippen molar-refractivity contribution in [2.24, 2.45) is 0 Å². The molecule has 300 valence electrons. The Kier molecular flexibility index (Phi) is 42.8. The maximum atomic E-state index is 6.63. The molecular formula is C46H94O3Si. The molecule has 0 aliphatic carbocycles. The first-order valence-corrected chi connectivity index (χ1v) is 25.3. The van der Waals surface area contributed by atoms with Crippen molar-refractivity contribution in [1.29, 1.82) is 0 Å². The molecule has 0 aromatic heterocycles. The molecule has 0 heterocycles. The fourth-order valence-corrected chi connectivity index (χ4v) is 9.56. The van der Waals surface area contributed by atoms with Crippen LogP contribution in [0.25, 0.3) is 0 Å². The Morgan fingerprint density at radius 2 is 0.600 bits per heavy atom. The van der Waals surface area contributed by atoms with E-state index in [9.17, 15) is 0 Å². The van der Waals surface area contributed by atoms with Crippen molar-refractivity contribution in [1.82, 2.24) is 0 Å². The SMILES string of the molecule is CCCCCCCCCCC=CO[Si](CCC)(OCCCCCCCCCCCCCCC)OCCCCCCCCCCCCCCCC. The summed E-state index contributed by atoms with van der Waals surface area (Å²) in [6.45, 7) is 10.7. The molecule has 0 saturated heterocycles. The van der Waals surface area contributed by atoms with Gasteiger partial charge >= 0.3 is 8.80 Å². The maximum absolute atomic E-state index is 6.63. The van der Waals surface area contributed by atoms with Crippen LogP contribution in [-0.4, -0.2) is 22.0 Å². The van der Waals surface area contributed by atoms with Gasteiger partial charge in [0.2, 0.25) is 0 Å². The van der Waals surface area contributed by atoms with Crippen molar-refractivity contribution in [2.75, 3.05) is 13.2 Å². The van der Waals surface area contributed by atoms with E-state index in [-0.39, 0.29) is 0 Å². The molecule has 0 rings (SSSR count). The third kappa shape index (κ3) is 37.4. The van der Waals surface area contributed by atoms with E-state index < -0.39 is 8.80 Å². The average Bonchev–Trinajstić information content (AvgIpc) is 3.12. The fourth-order valence-electron chi connectivity index (χ4n) is 7.11. The first kappa shape index (κ1) is 49.7. The molecule has 3 nitrogen and oxygen atoms in total. The summed E-state index contributed by atoms with van der Waals surface area (Å²) in [6.07, 6.45) is 54.5. The molecule has 0 aliphatic rings. The molecule has 1 unspecified atom stereocenters. The molecule has 0 radical (unpaired) electrons. The zero-order valence-corrected chi connectivity index (χ0v) is 36.2. The van der Waals surface area contributed by atoms with E-state index in [0.29, 0.717) is 0 Å². The lowest BCUT2D eigenvalue weighted by molar-refractivity contribution is 0.0860. The van der Waals surface area contributed by atoms with Crippen LogP contribution in [0.2, 0.25) is 6.04 Å². The van der Waals surface area contributed by atoms with E-state index in [4.69, 9.17) is 13.3 Å². The first-order valence-electron chi connectivity index (χ1n) is 23.3. The Balaban J connectivity index is 4.36. The summed E-state index contributed by atoms with van der Waals surface area (Å²) in [4.78, 5) is 0. The van der Waals surface area contributed by atoms with Gasteiger partial charge in [-0.05, 0) is 25.7 Å². The van der Waals surface area contributed by atoms with Crippen LogP contribution >= 0.6 is 0 Å². The van der Waals surface area contributed by atoms with Crippen molar-refractivity contribution < 1.29 is 13.3 Å². The van der Waals surface area contributed by atoms with Crippen molar-refractivity contribution in [3.63, 3.8) is 0 Å². The summed E-state index contributed by atoms with van der Waals surface area (Å²) in [5.74, 6) is 0. The molecule has 0 bridgehead atoms. The second-order valence-electron chi connectivity index (χ2n) is 15.7. The Labute approximate surface area is 318 Å². The molecule has 0 aromatic carbocycles. The van der Waals surface area contributed by atoms with Gasteiger partial charge in [-0.25, -0.2) is 0 Å². The van der Waals surface area contributed by atoms with Gasteiger partial charge in [-0.15, -0.1) is 0 Å². The number of allylic oxidation sites excluding steroid dienone is 1. The topological polar surface area (TPSA) is 27.7 Å². The van der Waals surface area contributed by atoms with E-state index in [1.54, 1.807) is 0 Å². The highest BCUT2D eigenvalue weighted by Gasteiger charge is 2.41. The van der Waals surface area contributed by atoms with E-state index >= 15 is 0 Å². The lowest BCUT2D eigenvalue weighted by Crippen LogP contribution is -2.45. The van der Waals surface area contributed by atoms with Crippen molar-refractivity contribution in [3.05, 3.63) is 12.3 Å². The molecule has 0 N–H and O–H groups in total. The summed E-state index contributed by atoms with van der Waals surface area (Å²) >= 11 is 0. The molecule has 0 saturated carbocycles. The van der Waals surface area contributed by atoms with Gasteiger partial charge in [0.25, 0.3) is 0 Å². The van der Waals surface area contributed by atoms with Gasteiger partial charge in [0.15, 0.2) is 0 Å². The Morgan fingerprint density at radius 3 is 0.900 bits per heavy atom. The van der Waals surface area contributed by atoms with Crippen LogP contribution in [0.1, 0.15) is 265 Å². The standard InChI is InChI=1S/C46H94O3Si/c1-5-9-12-15-18-21-24-26-28-30-33-36-39-42-45-49-50(46-8-4,47-43-40-37-34-31-23-20-17-14-11-7-3)48-44-41-38-35-32-29-27-25-22-19-16-13-10-6-2/h40,43H,5-39,41-42,44-46H2,1-4H3. The highest BCUT2D eigenvalue weighted by molar-refractivity contribution is 6.60. The maximum Gasteiger partial charge on any atom is 0.565 e. The quantitative estimate of drug-likeness (QED) is 0.0356. The van der Waals surface area contributed by atoms with Gasteiger partial charge in [0.05, 0.1) is 6.26 Å². The van der Waals surface area contributed by atoms with Gasteiger partial charge in [-0.2, -0.15) is 0 Å². The van der Waals surface area contributed by atoms with Crippen LogP contribution in [0, 0.1) is 0 Å². The predicted octanol–water partition coefficient (Wildman–Crippen LogP) is 17.0.